The van der Waals surface area contributed by atoms with Crippen LogP contribution in [-0.4, -0.2) is 113 Å². The number of aromatic nitrogens is 2. The van der Waals surface area contributed by atoms with Gasteiger partial charge in [0.15, 0.2) is 0 Å². The molecule has 3 aromatic carbocycles. The molecule has 1 fully saturated rings. The minimum atomic E-state index is -1.38. The highest BCUT2D eigenvalue weighted by Gasteiger charge is 2.32. The van der Waals surface area contributed by atoms with Gasteiger partial charge in [-0.2, -0.15) is 0 Å². The largest absolute Gasteiger partial charge is 0.368 e. The third-order valence-corrected chi connectivity index (χ3v) is 10.1. The number of carbonyl (C=O) groups is 9. The van der Waals surface area contributed by atoms with Crippen molar-refractivity contribution >= 4 is 63.9 Å². The van der Waals surface area contributed by atoms with Crippen molar-refractivity contribution in [2.75, 3.05) is 19.6 Å². The van der Waals surface area contributed by atoms with Gasteiger partial charge in [-0.15, -0.1) is 0 Å². The van der Waals surface area contributed by atoms with Crippen molar-refractivity contribution in [3.63, 3.8) is 0 Å². The minimum Gasteiger partial charge on any atom is -0.368 e. The van der Waals surface area contributed by atoms with Crippen molar-refractivity contribution in [2.45, 2.75) is 75.7 Å². The molecule has 2 heterocycles. The highest BCUT2D eigenvalue weighted by Crippen LogP contribution is 2.20. The maximum absolute atomic E-state index is 14.0. The topological polar surface area (TPSA) is 305 Å². The van der Waals surface area contributed by atoms with Crippen molar-refractivity contribution in [3.8, 4) is 0 Å². The van der Waals surface area contributed by atoms with E-state index in [1.807, 2.05) is 36.4 Å². The van der Waals surface area contributed by atoms with Gasteiger partial charge in [0.2, 0.25) is 53.2 Å². The number of hydrogen-bond acceptors (Lipinski definition) is 10. The molecule has 0 saturated carbocycles. The van der Waals surface area contributed by atoms with Crippen LogP contribution in [0, 0.1) is 0 Å². The van der Waals surface area contributed by atoms with Gasteiger partial charge in [0.05, 0.1) is 19.4 Å². The molecule has 11 N–H and O–H groups in total. The lowest BCUT2D eigenvalue weighted by Gasteiger charge is -2.25. The van der Waals surface area contributed by atoms with Crippen molar-refractivity contribution in [1.29, 1.82) is 0 Å². The number of primary amides is 1. The number of carbonyl (C=O) groups excluding carboxylic acids is 9. The predicted octanol–water partition coefficient (Wildman–Crippen LogP) is -1.95. The molecule has 20 heteroatoms. The monoisotopic (exact) mass is 865 g/mol. The number of amides is 9. The number of nitrogens with one attached hydrogen (secondary N) is 9. The summed E-state index contributed by atoms with van der Waals surface area (Å²) in [5, 5.41) is 22.2. The lowest BCUT2D eigenvalue weighted by molar-refractivity contribution is -0.134. The lowest BCUT2D eigenvalue weighted by atomic mass is 9.98. The maximum atomic E-state index is 14.0. The fourth-order valence-corrected chi connectivity index (χ4v) is 6.86. The molecule has 0 unspecified atom stereocenters. The van der Waals surface area contributed by atoms with E-state index in [1.54, 1.807) is 36.4 Å². The Morgan fingerprint density at radius 1 is 0.794 bits per heavy atom. The van der Waals surface area contributed by atoms with E-state index in [0.29, 0.717) is 11.3 Å². The second-order valence-electron chi connectivity index (χ2n) is 14.9. The molecular formula is C43H51N11O9. The van der Waals surface area contributed by atoms with Crippen LogP contribution in [0.3, 0.4) is 0 Å². The van der Waals surface area contributed by atoms with Gasteiger partial charge in [0, 0.05) is 51.0 Å². The van der Waals surface area contributed by atoms with Gasteiger partial charge < -0.3 is 53.3 Å². The Morgan fingerprint density at radius 2 is 1.51 bits per heavy atom. The van der Waals surface area contributed by atoms with E-state index in [9.17, 15) is 43.2 Å². The van der Waals surface area contributed by atoms with Gasteiger partial charge in [-0.25, -0.2) is 4.98 Å². The van der Waals surface area contributed by atoms with Crippen LogP contribution in [0.4, 0.5) is 0 Å². The van der Waals surface area contributed by atoms with Crippen LogP contribution in [0.5, 0.6) is 0 Å². The van der Waals surface area contributed by atoms with E-state index in [-0.39, 0.29) is 45.1 Å². The first-order chi connectivity index (χ1) is 30.2. The number of H-pyrrole nitrogens is 1. The number of fused-ring (bicyclic) bond motifs is 1. The summed E-state index contributed by atoms with van der Waals surface area (Å²) in [5.74, 6) is -6.70. The Hall–Kier alpha value is -7.64. The molecule has 20 nitrogen and oxygen atoms in total. The zero-order chi connectivity index (χ0) is 45.3. The molecular weight excluding hydrogens is 815 g/mol. The average molecular weight is 866 g/mol. The standard InChI is InChI=1S/C43H51N11O9/c1-25(55)47-22-37(57)50-31-14-15-36(56)46-17-16-32(42(62)52-33(39(44)59)19-28-12-7-11-27-10-5-6-13-30(27)28)51-38(58)23-48-40(60)34(18-26-8-3-2-4-9-26)53-43(63)35(54-41(31)61)20-29-21-45-24-49-29/h2-13,21,24,31-35H,14-20,22-23H2,1H3,(H2,44,59)(H,45,49)(H,46,56)(H,47,55)(H,48,60)(H,50,57)(H,51,58)(H,52,62)(H,53,63)(H,54,61)/t31-,32-,33+,34+,35-/m0/s1. The molecule has 1 aliphatic heterocycles. The number of rotatable bonds is 12. The molecule has 0 bridgehead atoms. The summed E-state index contributed by atoms with van der Waals surface area (Å²) in [6, 6.07) is 15.2. The van der Waals surface area contributed by atoms with Gasteiger partial charge in [-0.05, 0) is 34.7 Å². The maximum Gasteiger partial charge on any atom is 0.243 e. The number of imidazole rings is 1. The highest BCUT2D eigenvalue weighted by molar-refractivity contribution is 5.97. The Labute approximate surface area is 362 Å². The summed E-state index contributed by atoms with van der Waals surface area (Å²) in [6.07, 6.45) is 1.90. The Kier molecular flexibility index (Phi) is 16.8. The summed E-state index contributed by atoms with van der Waals surface area (Å²) >= 11 is 0. The molecule has 5 rings (SSSR count). The Balaban J connectivity index is 1.40. The third-order valence-electron chi connectivity index (χ3n) is 10.1. The molecule has 5 atom stereocenters. The molecule has 1 aromatic heterocycles. The third kappa shape index (κ3) is 14.5. The summed E-state index contributed by atoms with van der Waals surface area (Å²) in [7, 11) is 0. The SMILES string of the molecule is CC(=O)NCC(=O)N[C@H]1CCC(=O)NCC[C@@H](C(=O)N[C@H](Cc2cccc3ccccc23)C(N)=O)NC(=O)CNC(=O)[C@@H](Cc2ccccc2)NC(=O)[C@H](Cc2cnc[nH]2)NC1=O. The average Bonchev–Trinajstić information content (AvgIpc) is 3.78. The number of aromatic amines is 1. The highest BCUT2D eigenvalue weighted by atomic mass is 16.2. The van der Waals surface area contributed by atoms with Crippen LogP contribution in [0.1, 0.15) is 43.0 Å². The van der Waals surface area contributed by atoms with Crippen LogP contribution < -0.4 is 48.3 Å². The molecule has 9 amide bonds. The van der Waals surface area contributed by atoms with Crippen LogP contribution >= 0.6 is 0 Å². The Bertz CT molecular complexity index is 2280. The molecule has 63 heavy (non-hydrogen) atoms. The predicted molar refractivity (Wildman–Crippen MR) is 227 cm³/mol. The first kappa shape index (κ1) is 46.4. The number of hydrogen-bond donors (Lipinski definition) is 10. The second kappa shape index (κ2) is 22.8. The van der Waals surface area contributed by atoms with Crippen LogP contribution in [0.15, 0.2) is 85.3 Å². The summed E-state index contributed by atoms with van der Waals surface area (Å²) in [4.78, 5) is 126. The van der Waals surface area contributed by atoms with E-state index in [2.05, 4.69) is 52.5 Å². The van der Waals surface area contributed by atoms with Gasteiger partial charge >= 0.3 is 0 Å². The molecule has 1 saturated heterocycles. The fourth-order valence-electron chi connectivity index (χ4n) is 6.86. The van der Waals surface area contributed by atoms with Gasteiger partial charge in [0.25, 0.3) is 0 Å². The van der Waals surface area contributed by atoms with E-state index < -0.39 is 96.5 Å². The zero-order valence-corrected chi connectivity index (χ0v) is 34.5. The minimum absolute atomic E-state index is 0.0310. The molecule has 0 spiro atoms. The number of benzene rings is 3. The van der Waals surface area contributed by atoms with E-state index >= 15 is 0 Å². The van der Waals surface area contributed by atoms with E-state index in [1.165, 1.54) is 19.4 Å². The first-order valence-electron chi connectivity index (χ1n) is 20.3. The van der Waals surface area contributed by atoms with Crippen LogP contribution in [-0.2, 0) is 62.4 Å². The van der Waals surface area contributed by atoms with Crippen molar-refractivity contribution in [3.05, 3.63) is 102 Å². The van der Waals surface area contributed by atoms with Gasteiger partial charge in [-0.3, -0.25) is 43.2 Å². The van der Waals surface area contributed by atoms with Crippen molar-refractivity contribution < 1.29 is 43.2 Å². The summed E-state index contributed by atoms with van der Waals surface area (Å²) in [5.41, 5.74) is 7.58. The quantitative estimate of drug-likeness (QED) is 0.0751. The molecule has 1 aliphatic rings. The molecule has 0 radical (unpaired) electrons. The number of nitrogens with zero attached hydrogens (tertiary/aromatic N) is 1. The van der Waals surface area contributed by atoms with E-state index in [4.69, 9.17) is 5.73 Å². The summed E-state index contributed by atoms with van der Waals surface area (Å²) < 4.78 is 0. The van der Waals surface area contributed by atoms with Gasteiger partial charge in [-0.1, -0.05) is 72.8 Å². The fraction of sp³-hybridized carbons (Fsp3) is 0.349. The molecule has 332 valence electrons. The van der Waals surface area contributed by atoms with Crippen molar-refractivity contribution in [2.24, 2.45) is 5.73 Å². The molecule has 0 aliphatic carbocycles. The smallest absolute Gasteiger partial charge is 0.243 e. The Morgan fingerprint density at radius 3 is 2.24 bits per heavy atom. The zero-order valence-electron chi connectivity index (χ0n) is 34.5. The van der Waals surface area contributed by atoms with E-state index in [0.717, 1.165) is 16.3 Å². The lowest BCUT2D eigenvalue weighted by Crippen LogP contribution is -2.58. The van der Waals surface area contributed by atoms with Crippen molar-refractivity contribution in [1.82, 2.24) is 52.5 Å². The summed E-state index contributed by atoms with van der Waals surface area (Å²) in [6.45, 7) is -0.0918. The number of nitrogens with two attached hydrogens (primary N) is 1. The first-order valence-corrected chi connectivity index (χ1v) is 20.3. The van der Waals surface area contributed by atoms with Gasteiger partial charge in [0.1, 0.15) is 30.2 Å². The van der Waals surface area contributed by atoms with Crippen LogP contribution in [0.2, 0.25) is 0 Å². The second-order valence-corrected chi connectivity index (χ2v) is 14.9. The molecule has 4 aromatic rings. The van der Waals surface area contributed by atoms with Crippen LogP contribution in [0.25, 0.3) is 10.8 Å². The normalized spacial score (nSPS) is 19.9.